The van der Waals surface area contributed by atoms with Gasteiger partial charge in [-0.2, -0.15) is 18.3 Å². The van der Waals surface area contributed by atoms with Crippen molar-refractivity contribution in [1.82, 2.24) is 25.8 Å². The van der Waals surface area contributed by atoms with E-state index in [-0.39, 0.29) is 6.54 Å². The van der Waals surface area contributed by atoms with Crippen LogP contribution in [0, 0.1) is 0 Å². The Morgan fingerprint density at radius 1 is 1.04 bits per heavy atom. The van der Waals surface area contributed by atoms with E-state index in [1.165, 1.54) is 12.4 Å². The summed E-state index contributed by atoms with van der Waals surface area (Å²) in [5.74, 6) is 1.16. The van der Waals surface area contributed by atoms with E-state index in [1.807, 2.05) is 24.3 Å². The molecule has 9 heteroatoms. The topological polar surface area (TPSA) is 78.0 Å². The summed E-state index contributed by atoms with van der Waals surface area (Å²) in [5.41, 5.74) is 1.75. The lowest BCUT2D eigenvalue weighted by Gasteiger charge is -2.13. The molecule has 0 radical (unpaired) electrons. The first-order chi connectivity index (χ1) is 13.5. The number of aliphatic imine (C=N–C) groups is 1. The van der Waals surface area contributed by atoms with Gasteiger partial charge in [0, 0.05) is 25.7 Å². The molecule has 1 heterocycles. The van der Waals surface area contributed by atoms with Crippen molar-refractivity contribution in [2.24, 2.45) is 4.99 Å². The first kappa shape index (κ1) is 19.4. The number of nitrogens with one attached hydrogen (secondary N) is 3. The zero-order valence-electron chi connectivity index (χ0n) is 15.1. The molecule has 0 atom stereocenters. The number of aromatic amines is 1. The van der Waals surface area contributed by atoms with Gasteiger partial charge in [0.1, 0.15) is 6.33 Å². The van der Waals surface area contributed by atoms with Crippen molar-refractivity contribution < 1.29 is 13.2 Å². The van der Waals surface area contributed by atoms with Crippen molar-refractivity contribution in [3.63, 3.8) is 0 Å². The number of guanidine groups is 1. The molecule has 0 aliphatic heterocycles. The lowest BCUT2D eigenvalue weighted by atomic mass is 10.1. The third kappa shape index (κ3) is 5.09. The molecule has 28 heavy (non-hydrogen) atoms. The van der Waals surface area contributed by atoms with Crippen LogP contribution in [0.15, 0.2) is 59.9 Å². The SMILES string of the molecule is CN=C(NCc1cccc(-c2ncn[nH]2)c1)NCc1cccc(C(F)(F)F)c1. The smallest absolute Gasteiger partial charge is 0.352 e. The molecular weight excluding hydrogens is 369 g/mol. The fourth-order valence-corrected chi connectivity index (χ4v) is 2.62. The number of benzene rings is 2. The highest BCUT2D eigenvalue weighted by Crippen LogP contribution is 2.29. The molecule has 0 amide bonds. The number of halogens is 3. The molecule has 0 spiro atoms. The number of aromatic nitrogens is 3. The van der Waals surface area contributed by atoms with E-state index in [4.69, 9.17) is 0 Å². The summed E-state index contributed by atoms with van der Waals surface area (Å²) in [4.78, 5) is 8.23. The molecule has 0 saturated heterocycles. The van der Waals surface area contributed by atoms with Gasteiger partial charge in [-0.15, -0.1) is 0 Å². The number of H-pyrrole nitrogens is 1. The number of hydrogen-bond donors (Lipinski definition) is 3. The minimum absolute atomic E-state index is 0.224. The number of alkyl halides is 3. The molecule has 3 aromatic rings. The van der Waals surface area contributed by atoms with Crippen LogP contribution in [0.5, 0.6) is 0 Å². The molecule has 3 rings (SSSR count). The first-order valence-electron chi connectivity index (χ1n) is 8.51. The molecule has 0 aliphatic carbocycles. The Labute approximate surface area is 159 Å². The highest BCUT2D eigenvalue weighted by molar-refractivity contribution is 5.79. The van der Waals surface area contributed by atoms with Crippen LogP contribution < -0.4 is 10.6 Å². The van der Waals surface area contributed by atoms with Crippen LogP contribution in [0.2, 0.25) is 0 Å². The lowest BCUT2D eigenvalue weighted by molar-refractivity contribution is -0.137. The van der Waals surface area contributed by atoms with E-state index in [0.29, 0.717) is 23.9 Å². The molecule has 3 N–H and O–H groups in total. The second-order valence-corrected chi connectivity index (χ2v) is 6.01. The van der Waals surface area contributed by atoms with E-state index in [1.54, 1.807) is 13.1 Å². The van der Waals surface area contributed by atoms with Crippen molar-refractivity contribution >= 4 is 5.96 Å². The Hall–Kier alpha value is -3.36. The Morgan fingerprint density at radius 2 is 1.71 bits per heavy atom. The third-order valence-corrected chi connectivity index (χ3v) is 4.01. The lowest BCUT2D eigenvalue weighted by Crippen LogP contribution is -2.36. The second-order valence-electron chi connectivity index (χ2n) is 6.01. The summed E-state index contributed by atoms with van der Waals surface area (Å²) in [6.07, 6.45) is -2.91. The van der Waals surface area contributed by atoms with E-state index in [9.17, 15) is 13.2 Å². The molecule has 146 valence electrons. The Morgan fingerprint density at radius 3 is 2.32 bits per heavy atom. The second kappa shape index (κ2) is 8.55. The van der Waals surface area contributed by atoms with Crippen molar-refractivity contribution in [2.45, 2.75) is 19.3 Å². The zero-order chi connectivity index (χ0) is 20.0. The minimum Gasteiger partial charge on any atom is -0.352 e. The van der Waals surface area contributed by atoms with E-state index in [0.717, 1.165) is 23.3 Å². The highest BCUT2D eigenvalue weighted by atomic mass is 19.4. The standard InChI is InChI=1S/C19H19F3N6/c1-23-18(25-11-14-5-3-7-16(9-14)19(20,21)22)24-10-13-4-2-6-15(8-13)17-26-12-27-28-17/h2-9,12H,10-11H2,1H3,(H2,23,24,25)(H,26,27,28). The van der Waals surface area contributed by atoms with Crippen molar-refractivity contribution in [3.05, 3.63) is 71.5 Å². The predicted molar refractivity (Wildman–Crippen MR) is 100 cm³/mol. The molecule has 0 saturated carbocycles. The monoisotopic (exact) mass is 388 g/mol. The minimum atomic E-state index is -4.36. The van der Waals surface area contributed by atoms with Gasteiger partial charge in [0.25, 0.3) is 0 Å². The fraction of sp³-hybridized carbons (Fsp3) is 0.211. The summed E-state index contributed by atoms with van der Waals surface area (Å²) < 4.78 is 38.4. The van der Waals surface area contributed by atoms with Gasteiger partial charge in [0.05, 0.1) is 5.56 Å². The Kier molecular flexibility index (Phi) is 5.93. The molecule has 2 aromatic carbocycles. The summed E-state index contributed by atoms with van der Waals surface area (Å²) >= 11 is 0. The predicted octanol–water partition coefficient (Wildman–Crippen LogP) is 3.36. The summed E-state index contributed by atoms with van der Waals surface area (Å²) in [5, 5.41) is 12.8. The van der Waals surface area contributed by atoms with Crippen LogP contribution in [0.3, 0.4) is 0 Å². The van der Waals surface area contributed by atoms with Crippen LogP contribution >= 0.6 is 0 Å². The van der Waals surface area contributed by atoms with Crippen molar-refractivity contribution in [1.29, 1.82) is 0 Å². The number of nitrogens with zero attached hydrogens (tertiary/aromatic N) is 3. The van der Waals surface area contributed by atoms with E-state index in [2.05, 4.69) is 30.8 Å². The number of hydrogen-bond acceptors (Lipinski definition) is 3. The van der Waals surface area contributed by atoms with Crippen LogP contribution in [0.1, 0.15) is 16.7 Å². The van der Waals surface area contributed by atoms with Gasteiger partial charge in [-0.25, -0.2) is 4.98 Å². The maximum Gasteiger partial charge on any atom is 0.416 e. The van der Waals surface area contributed by atoms with Gasteiger partial charge >= 0.3 is 6.18 Å². The fourth-order valence-electron chi connectivity index (χ4n) is 2.62. The molecule has 1 aromatic heterocycles. The van der Waals surface area contributed by atoms with E-state index < -0.39 is 11.7 Å². The summed E-state index contributed by atoms with van der Waals surface area (Å²) in [6.45, 7) is 0.714. The largest absolute Gasteiger partial charge is 0.416 e. The quantitative estimate of drug-likeness (QED) is 0.463. The maximum atomic E-state index is 12.8. The van der Waals surface area contributed by atoms with Gasteiger partial charge in [-0.1, -0.05) is 30.3 Å². The Bertz CT molecular complexity index is 935. The van der Waals surface area contributed by atoms with Crippen LogP contribution in [-0.4, -0.2) is 28.2 Å². The average molecular weight is 388 g/mol. The third-order valence-electron chi connectivity index (χ3n) is 4.01. The van der Waals surface area contributed by atoms with Gasteiger partial charge in [0.2, 0.25) is 0 Å². The zero-order valence-corrected chi connectivity index (χ0v) is 15.1. The molecule has 0 bridgehead atoms. The molecule has 6 nitrogen and oxygen atoms in total. The molecule has 0 fully saturated rings. The maximum absolute atomic E-state index is 12.8. The van der Waals surface area contributed by atoms with Crippen LogP contribution in [-0.2, 0) is 19.3 Å². The van der Waals surface area contributed by atoms with Crippen molar-refractivity contribution in [2.75, 3.05) is 7.05 Å². The van der Waals surface area contributed by atoms with E-state index >= 15 is 0 Å². The summed E-state index contributed by atoms with van der Waals surface area (Å²) in [7, 11) is 1.60. The average Bonchev–Trinajstić information content (AvgIpc) is 3.23. The normalized spacial score (nSPS) is 12.1. The van der Waals surface area contributed by atoms with Gasteiger partial charge in [-0.3, -0.25) is 10.1 Å². The van der Waals surface area contributed by atoms with Crippen molar-refractivity contribution in [3.8, 4) is 11.4 Å². The van der Waals surface area contributed by atoms with Crippen LogP contribution in [0.4, 0.5) is 13.2 Å². The molecule has 0 unspecified atom stereocenters. The number of rotatable bonds is 5. The van der Waals surface area contributed by atoms with Crippen LogP contribution in [0.25, 0.3) is 11.4 Å². The molecular formula is C19H19F3N6. The Balaban J connectivity index is 1.58. The molecule has 0 aliphatic rings. The first-order valence-corrected chi connectivity index (χ1v) is 8.51. The summed E-state index contributed by atoms with van der Waals surface area (Å²) in [6, 6.07) is 13.0. The van der Waals surface area contributed by atoms with Gasteiger partial charge in [0.15, 0.2) is 11.8 Å². The van der Waals surface area contributed by atoms with Gasteiger partial charge in [-0.05, 0) is 29.3 Å². The highest BCUT2D eigenvalue weighted by Gasteiger charge is 2.30. The van der Waals surface area contributed by atoms with Gasteiger partial charge < -0.3 is 10.6 Å².